The van der Waals surface area contributed by atoms with Crippen molar-refractivity contribution in [1.82, 2.24) is 10.4 Å². The average Bonchev–Trinajstić information content (AvgIpc) is 2.43. The molecule has 0 spiro atoms. The van der Waals surface area contributed by atoms with Gasteiger partial charge in [-0.3, -0.25) is 10.1 Å². The highest BCUT2D eigenvalue weighted by atomic mass is 35.5. The standard InChI is InChI=1S/C15H20ClN3O2/c1-10-5-4-6-11(2)18(10)17-12(3)13-7-8-14(16)15(9-13)19(20)21/h7-11,17H,3-6H2,1-2H3/t10-,11-/m1/s1. The molecule has 114 valence electrons. The summed E-state index contributed by atoms with van der Waals surface area (Å²) < 4.78 is 0. The summed E-state index contributed by atoms with van der Waals surface area (Å²) in [7, 11) is 0. The molecule has 0 radical (unpaired) electrons. The summed E-state index contributed by atoms with van der Waals surface area (Å²) in [5, 5.41) is 13.3. The smallest absolute Gasteiger partial charge is 0.288 e. The molecule has 1 aromatic carbocycles. The van der Waals surface area contributed by atoms with E-state index in [0.717, 1.165) is 12.8 Å². The Morgan fingerprint density at radius 3 is 2.62 bits per heavy atom. The first-order valence-corrected chi connectivity index (χ1v) is 7.46. The Morgan fingerprint density at radius 2 is 2.05 bits per heavy atom. The number of rotatable bonds is 4. The van der Waals surface area contributed by atoms with Crippen molar-refractivity contribution in [3.8, 4) is 0 Å². The molecule has 2 atom stereocenters. The summed E-state index contributed by atoms with van der Waals surface area (Å²) in [6.45, 7) is 8.33. The summed E-state index contributed by atoms with van der Waals surface area (Å²) in [6.07, 6.45) is 3.48. The molecule has 1 fully saturated rings. The molecule has 1 aliphatic rings. The molecule has 0 amide bonds. The maximum atomic E-state index is 11.0. The number of hydrazine groups is 1. The number of nitrogens with zero attached hydrogens (tertiary/aromatic N) is 2. The molecule has 2 rings (SSSR count). The van der Waals surface area contributed by atoms with E-state index >= 15 is 0 Å². The van der Waals surface area contributed by atoms with Crippen LogP contribution in [0.4, 0.5) is 5.69 Å². The van der Waals surface area contributed by atoms with Gasteiger partial charge in [-0.05, 0) is 32.8 Å². The quantitative estimate of drug-likeness (QED) is 0.675. The Morgan fingerprint density at radius 1 is 1.43 bits per heavy atom. The summed E-state index contributed by atoms with van der Waals surface area (Å²) in [5.41, 5.74) is 4.52. The van der Waals surface area contributed by atoms with Crippen LogP contribution in [0.3, 0.4) is 0 Å². The van der Waals surface area contributed by atoms with Crippen molar-refractivity contribution >= 4 is 23.0 Å². The molecule has 21 heavy (non-hydrogen) atoms. The van der Waals surface area contributed by atoms with Crippen molar-refractivity contribution < 1.29 is 4.92 Å². The second-order valence-electron chi connectivity index (χ2n) is 5.55. The summed E-state index contributed by atoms with van der Waals surface area (Å²) in [4.78, 5) is 10.5. The van der Waals surface area contributed by atoms with E-state index in [1.807, 2.05) is 0 Å². The maximum absolute atomic E-state index is 11.0. The second-order valence-corrected chi connectivity index (χ2v) is 5.96. The van der Waals surface area contributed by atoms with Gasteiger partial charge >= 0.3 is 0 Å². The molecule has 6 heteroatoms. The fraction of sp³-hybridized carbons (Fsp3) is 0.467. The van der Waals surface area contributed by atoms with Crippen LogP contribution in [0.2, 0.25) is 5.02 Å². The lowest BCUT2D eigenvalue weighted by Gasteiger charge is -2.40. The van der Waals surface area contributed by atoms with Crippen LogP contribution in [-0.4, -0.2) is 22.0 Å². The highest BCUT2D eigenvalue weighted by molar-refractivity contribution is 6.32. The lowest BCUT2D eigenvalue weighted by molar-refractivity contribution is -0.384. The highest BCUT2D eigenvalue weighted by Crippen LogP contribution is 2.28. The van der Waals surface area contributed by atoms with Gasteiger partial charge in [-0.1, -0.05) is 30.7 Å². The van der Waals surface area contributed by atoms with E-state index < -0.39 is 4.92 Å². The van der Waals surface area contributed by atoms with Gasteiger partial charge in [-0.15, -0.1) is 0 Å². The number of nitro benzene ring substituents is 1. The molecular formula is C15H20ClN3O2. The van der Waals surface area contributed by atoms with Gasteiger partial charge in [0, 0.05) is 29.4 Å². The van der Waals surface area contributed by atoms with Crippen molar-refractivity contribution in [2.24, 2.45) is 0 Å². The Labute approximate surface area is 129 Å². The third-order valence-corrected chi connectivity index (χ3v) is 4.27. The molecule has 5 nitrogen and oxygen atoms in total. The minimum atomic E-state index is -0.481. The minimum absolute atomic E-state index is 0.100. The predicted molar refractivity (Wildman–Crippen MR) is 84.9 cm³/mol. The molecule has 0 aliphatic carbocycles. The second kappa shape index (κ2) is 6.45. The van der Waals surface area contributed by atoms with Crippen LogP contribution in [0.5, 0.6) is 0 Å². The SMILES string of the molecule is C=C(NN1[C@H](C)CCC[C@H]1C)c1ccc(Cl)c([N+](=O)[O-])c1. The van der Waals surface area contributed by atoms with Gasteiger partial charge in [0.05, 0.1) is 4.92 Å². The monoisotopic (exact) mass is 309 g/mol. The summed E-state index contributed by atoms with van der Waals surface area (Å²) >= 11 is 5.83. The number of benzene rings is 1. The van der Waals surface area contributed by atoms with Crippen molar-refractivity contribution in [2.45, 2.75) is 45.2 Å². The Hall–Kier alpha value is -1.59. The third-order valence-electron chi connectivity index (χ3n) is 3.95. The fourth-order valence-corrected chi connectivity index (χ4v) is 2.89. The largest absolute Gasteiger partial charge is 0.318 e. The average molecular weight is 310 g/mol. The van der Waals surface area contributed by atoms with Crippen LogP contribution in [-0.2, 0) is 0 Å². The molecule has 1 aliphatic heterocycles. The van der Waals surface area contributed by atoms with Crippen molar-refractivity contribution in [3.05, 3.63) is 45.5 Å². The first-order valence-electron chi connectivity index (χ1n) is 7.08. The van der Waals surface area contributed by atoms with Crippen LogP contribution in [0, 0.1) is 10.1 Å². The lowest BCUT2D eigenvalue weighted by atomic mass is 10.00. The van der Waals surface area contributed by atoms with Crippen LogP contribution in [0.15, 0.2) is 24.8 Å². The van der Waals surface area contributed by atoms with Crippen molar-refractivity contribution in [2.75, 3.05) is 0 Å². The molecule has 1 saturated heterocycles. The zero-order valence-electron chi connectivity index (χ0n) is 12.3. The number of nitro groups is 1. The molecule has 0 aromatic heterocycles. The molecule has 0 unspecified atom stereocenters. The normalized spacial score (nSPS) is 22.8. The van der Waals surface area contributed by atoms with E-state index in [1.54, 1.807) is 6.07 Å². The topological polar surface area (TPSA) is 58.4 Å². The lowest BCUT2D eigenvalue weighted by Crippen LogP contribution is -2.51. The number of hydrogen-bond donors (Lipinski definition) is 1. The van der Waals surface area contributed by atoms with Crippen LogP contribution in [0.1, 0.15) is 38.7 Å². The maximum Gasteiger partial charge on any atom is 0.288 e. The summed E-state index contributed by atoms with van der Waals surface area (Å²) in [5.74, 6) is 0. The van der Waals surface area contributed by atoms with Gasteiger partial charge in [0.1, 0.15) is 5.02 Å². The van der Waals surface area contributed by atoms with E-state index in [1.165, 1.54) is 18.6 Å². The zero-order valence-corrected chi connectivity index (χ0v) is 13.1. The van der Waals surface area contributed by atoms with Crippen molar-refractivity contribution in [1.29, 1.82) is 0 Å². The van der Waals surface area contributed by atoms with Crippen LogP contribution >= 0.6 is 11.6 Å². The zero-order chi connectivity index (χ0) is 15.6. The van der Waals surface area contributed by atoms with E-state index in [-0.39, 0.29) is 10.7 Å². The predicted octanol–water partition coefficient (Wildman–Crippen LogP) is 3.99. The number of halogens is 1. The van der Waals surface area contributed by atoms with E-state index in [2.05, 4.69) is 30.9 Å². The molecule has 0 saturated carbocycles. The molecule has 1 aromatic rings. The van der Waals surface area contributed by atoms with Crippen LogP contribution in [0.25, 0.3) is 5.70 Å². The number of nitrogens with one attached hydrogen (secondary N) is 1. The van der Waals surface area contributed by atoms with Gasteiger partial charge in [0.15, 0.2) is 0 Å². The first kappa shape index (κ1) is 15.8. The van der Waals surface area contributed by atoms with Gasteiger partial charge in [-0.2, -0.15) is 0 Å². The summed E-state index contributed by atoms with van der Waals surface area (Å²) in [6, 6.07) is 5.55. The number of piperidine rings is 1. The molecule has 1 heterocycles. The molecule has 1 N–H and O–H groups in total. The van der Waals surface area contributed by atoms with Gasteiger partial charge in [-0.25, -0.2) is 5.01 Å². The minimum Gasteiger partial charge on any atom is -0.318 e. The number of hydrogen-bond acceptors (Lipinski definition) is 4. The van der Waals surface area contributed by atoms with E-state index in [4.69, 9.17) is 11.6 Å². The third kappa shape index (κ3) is 3.54. The van der Waals surface area contributed by atoms with Gasteiger partial charge < -0.3 is 5.43 Å². The Balaban J connectivity index is 2.16. The molecular weight excluding hydrogens is 290 g/mol. The van der Waals surface area contributed by atoms with Crippen molar-refractivity contribution in [3.63, 3.8) is 0 Å². The highest BCUT2D eigenvalue weighted by Gasteiger charge is 2.25. The Bertz CT molecular complexity index is 552. The van der Waals surface area contributed by atoms with E-state index in [9.17, 15) is 10.1 Å². The Kier molecular flexibility index (Phi) is 4.85. The molecule has 0 bridgehead atoms. The van der Waals surface area contributed by atoms with Gasteiger partial charge in [0.25, 0.3) is 5.69 Å². The fourth-order valence-electron chi connectivity index (χ4n) is 2.70. The first-order chi connectivity index (χ1) is 9.90. The van der Waals surface area contributed by atoms with Gasteiger partial charge in [0.2, 0.25) is 0 Å². The van der Waals surface area contributed by atoms with Crippen LogP contribution < -0.4 is 5.43 Å². The van der Waals surface area contributed by atoms with E-state index in [0.29, 0.717) is 23.3 Å².